The average molecular weight is 454 g/mol. The van der Waals surface area contributed by atoms with E-state index in [0.717, 1.165) is 19.1 Å². The first-order valence-electron chi connectivity index (χ1n) is 9.46. The lowest BCUT2D eigenvalue weighted by atomic mass is 9.95. The molecule has 4 atom stereocenters. The Hall–Kier alpha value is -2.31. The number of hydrogen-bond donors (Lipinski definition) is 2. The number of esters is 1. The standard InChI is InChI=1S/C19H23F5N2O5/c1-3-29-16-8-25-15(9-30-16)17(31-18(28)19(22,23)24)14(26-10(2)27)6-11-4-12(20)7-13(21)5-11/h4-5,7,14-17,25H,3,6,8-9H2,1-2H3,(H,26,27)/t14-,15+,16-,17-/m0/s1. The Morgan fingerprint density at radius 1 is 1.26 bits per heavy atom. The molecule has 0 unspecified atom stereocenters. The maximum Gasteiger partial charge on any atom is 0.490 e. The monoisotopic (exact) mass is 454 g/mol. The molecule has 0 aromatic heterocycles. The molecule has 0 bridgehead atoms. The lowest BCUT2D eigenvalue weighted by Crippen LogP contribution is -2.61. The van der Waals surface area contributed by atoms with Crippen molar-refractivity contribution in [3.8, 4) is 0 Å². The smallest absolute Gasteiger partial charge is 0.452 e. The van der Waals surface area contributed by atoms with Gasteiger partial charge in [0.05, 0.1) is 18.7 Å². The van der Waals surface area contributed by atoms with Crippen LogP contribution in [0.2, 0.25) is 0 Å². The predicted octanol–water partition coefficient (Wildman–Crippen LogP) is 1.84. The number of halogens is 5. The van der Waals surface area contributed by atoms with E-state index in [2.05, 4.69) is 10.6 Å². The van der Waals surface area contributed by atoms with Gasteiger partial charge in [0.1, 0.15) is 17.7 Å². The van der Waals surface area contributed by atoms with E-state index in [0.29, 0.717) is 12.7 Å². The lowest BCUT2D eigenvalue weighted by molar-refractivity contribution is -0.213. The maximum absolute atomic E-state index is 13.6. The third-order valence-electron chi connectivity index (χ3n) is 4.40. The highest BCUT2D eigenvalue weighted by atomic mass is 19.4. The summed E-state index contributed by atoms with van der Waals surface area (Å²) < 4.78 is 81.1. The van der Waals surface area contributed by atoms with Crippen LogP contribution in [0, 0.1) is 11.6 Å². The Morgan fingerprint density at radius 2 is 1.90 bits per heavy atom. The number of carbonyl (C=O) groups is 2. The Bertz CT molecular complexity index is 748. The number of amides is 1. The zero-order valence-electron chi connectivity index (χ0n) is 16.8. The second-order valence-electron chi connectivity index (χ2n) is 6.89. The molecule has 0 aliphatic carbocycles. The minimum absolute atomic E-state index is 0.0493. The average Bonchev–Trinajstić information content (AvgIpc) is 2.64. The van der Waals surface area contributed by atoms with Gasteiger partial charge in [-0.1, -0.05) is 0 Å². The van der Waals surface area contributed by atoms with Crippen molar-refractivity contribution >= 4 is 11.9 Å². The van der Waals surface area contributed by atoms with Crippen LogP contribution in [-0.2, 0) is 30.2 Å². The summed E-state index contributed by atoms with van der Waals surface area (Å²) in [5.74, 6) is -4.91. The summed E-state index contributed by atoms with van der Waals surface area (Å²) >= 11 is 0. The van der Waals surface area contributed by atoms with Crippen molar-refractivity contribution in [3.05, 3.63) is 35.4 Å². The Kier molecular flexibility index (Phi) is 8.71. The van der Waals surface area contributed by atoms with Gasteiger partial charge in [0.25, 0.3) is 0 Å². The fourth-order valence-corrected chi connectivity index (χ4v) is 3.21. The largest absolute Gasteiger partial charge is 0.490 e. The fraction of sp³-hybridized carbons (Fsp3) is 0.579. The highest BCUT2D eigenvalue weighted by molar-refractivity contribution is 5.76. The van der Waals surface area contributed by atoms with E-state index in [-0.39, 0.29) is 25.1 Å². The zero-order chi connectivity index (χ0) is 23.2. The summed E-state index contributed by atoms with van der Waals surface area (Å²) in [5.41, 5.74) is 0.0493. The van der Waals surface area contributed by atoms with E-state index >= 15 is 0 Å². The summed E-state index contributed by atoms with van der Waals surface area (Å²) in [5, 5.41) is 5.28. The normalized spacial score (nSPS) is 21.3. The van der Waals surface area contributed by atoms with Crippen LogP contribution in [0.3, 0.4) is 0 Å². The van der Waals surface area contributed by atoms with Gasteiger partial charge in [0, 0.05) is 26.1 Å². The number of benzene rings is 1. The van der Waals surface area contributed by atoms with Crippen molar-refractivity contribution < 1.29 is 45.8 Å². The van der Waals surface area contributed by atoms with Crippen molar-refractivity contribution in [2.24, 2.45) is 0 Å². The summed E-state index contributed by atoms with van der Waals surface area (Å²) in [6, 6.07) is 0.364. The summed E-state index contributed by atoms with van der Waals surface area (Å²) in [4.78, 5) is 23.3. The minimum atomic E-state index is -5.28. The van der Waals surface area contributed by atoms with Gasteiger partial charge in [-0.2, -0.15) is 13.2 Å². The summed E-state index contributed by atoms with van der Waals surface area (Å²) in [7, 11) is 0. The molecule has 174 valence electrons. The van der Waals surface area contributed by atoms with E-state index in [4.69, 9.17) is 14.2 Å². The molecule has 1 aromatic rings. The number of alkyl halides is 3. The molecule has 1 aliphatic rings. The molecule has 1 saturated heterocycles. The van der Waals surface area contributed by atoms with Crippen LogP contribution in [-0.4, -0.2) is 62.3 Å². The number of ether oxygens (including phenoxy) is 3. The van der Waals surface area contributed by atoms with Crippen LogP contribution in [0.1, 0.15) is 19.4 Å². The van der Waals surface area contributed by atoms with Crippen LogP contribution in [0.15, 0.2) is 18.2 Å². The molecule has 1 aromatic carbocycles. The molecule has 1 amide bonds. The van der Waals surface area contributed by atoms with Crippen molar-refractivity contribution in [1.29, 1.82) is 0 Å². The van der Waals surface area contributed by atoms with Gasteiger partial charge in [0.15, 0.2) is 6.29 Å². The van der Waals surface area contributed by atoms with Gasteiger partial charge in [-0.15, -0.1) is 0 Å². The summed E-state index contributed by atoms with van der Waals surface area (Å²) in [6.45, 7) is 3.06. The molecular weight excluding hydrogens is 431 g/mol. The van der Waals surface area contributed by atoms with Crippen LogP contribution in [0.25, 0.3) is 0 Å². The number of nitrogens with one attached hydrogen (secondary N) is 2. The number of carbonyl (C=O) groups excluding carboxylic acids is 2. The first-order valence-corrected chi connectivity index (χ1v) is 9.46. The third-order valence-corrected chi connectivity index (χ3v) is 4.40. The molecule has 7 nitrogen and oxygen atoms in total. The molecule has 1 aliphatic heterocycles. The fourth-order valence-electron chi connectivity index (χ4n) is 3.21. The number of rotatable bonds is 8. The molecule has 31 heavy (non-hydrogen) atoms. The number of morpholine rings is 1. The molecule has 1 fully saturated rings. The molecule has 1 heterocycles. The number of hydrogen-bond acceptors (Lipinski definition) is 6. The Labute approximate surface area is 175 Å². The van der Waals surface area contributed by atoms with E-state index in [9.17, 15) is 31.5 Å². The van der Waals surface area contributed by atoms with Crippen LogP contribution in [0.4, 0.5) is 22.0 Å². The van der Waals surface area contributed by atoms with Crippen molar-refractivity contribution in [2.75, 3.05) is 19.8 Å². The Morgan fingerprint density at radius 3 is 2.39 bits per heavy atom. The molecule has 0 spiro atoms. The van der Waals surface area contributed by atoms with Gasteiger partial charge < -0.3 is 24.8 Å². The lowest BCUT2D eigenvalue weighted by Gasteiger charge is -2.38. The molecule has 0 radical (unpaired) electrons. The van der Waals surface area contributed by atoms with Crippen molar-refractivity contribution in [1.82, 2.24) is 10.6 Å². The zero-order valence-corrected chi connectivity index (χ0v) is 16.8. The van der Waals surface area contributed by atoms with Gasteiger partial charge in [-0.05, 0) is 31.0 Å². The molecule has 0 saturated carbocycles. The van der Waals surface area contributed by atoms with E-state index in [1.54, 1.807) is 6.92 Å². The van der Waals surface area contributed by atoms with Crippen LogP contribution >= 0.6 is 0 Å². The molecular formula is C19H23F5N2O5. The van der Waals surface area contributed by atoms with Gasteiger partial charge in [-0.3, -0.25) is 4.79 Å². The summed E-state index contributed by atoms with van der Waals surface area (Å²) in [6.07, 6.45) is -7.81. The van der Waals surface area contributed by atoms with Crippen molar-refractivity contribution in [3.63, 3.8) is 0 Å². The van der Waals surface area contributed by atoms with E-state index in [1.807, 2.05) is 0 Å². The SMILES string of the molecule is CCO[C@@H]1CN[C@@H]([C@@H](OC(=O)C(F)(F)F)[C@H](Cc2cc(F)cc(F)c2)NC(C)=O)CO1. The van der Waals surface area contributed by atoms with E-state index < -0.39 is 54.2 Å². The van der Waals surface area contributed by atoms with Crippen LogP contribution in [0.5, 0.6) is 0 Å². The van der Waals surface area contributed by atoms with Gasteiger partial charge in [0.2, 0.25) is 5.91 Å². The predicted molar refractivity (Wildman–Crippen MR) is 96.8 cm³/mol. The van der Waals surface area contributed by atoms with E-state index in [1.165, 1.54) is 0 Å². The third kappa shape index (κ3) is 7.71. The van der Waals surface area contributed by atoms with Gasteiger partial charge >= 0.3 is 12.1 Å². The first kappa shape index (κ1) is 25.0. The maximum atomic E-state index is 13.6. The van der Waals surface area contributed by atoms with Gasteiger partial charge in [-0.25, -0.2) is 13.6 Å². The van der Waals surface area contributed by atoms with Crippen LogP contribution < -0.4 is 10.6 Å². The highest BCUT2D eigenvalue weighted by Gasteiger charge is 2.46. The molecule has 2 rings (SSSR count). The van der Waals surface area contributed by atoms with Crippen molar-refractivity contribution in [2.45, 2.75) is 50.9 Å². The Balaban J connectivity index is 2.30. The molecule has 2 N–H and O–H groups in total. The second kappa shape index (κ2) is 10.8. The topological polar surface area (TPSA) is 85.9 Å². The quantitative estimate of drug-likeness (QED) is 0.461. The minimum Gasteiger partial charge on any atom is -0.452 e. The first-order chi connectivity index (χ1) is 14.5. The second-order valence-corrected chi connectivity index (χ2v) is 6.89. The highest BCUT2D eigenvalue weighted by Crippen LogP contribution is 2.22. The molecule has 12 heteroatoms.